The van der Waals surface area contributed by atoms with Crippen LogP contribution in [0.4, 0.5) is 0 Å². The first-order valence-corrected chi connectivity index (χ1v) is 7.18. The van der Waals surface area contributed by atoms with Gasteiger partial charge in [0.05, 0.1) is 0 Å². The summed E-state index contributed by atoms with van der Waals surface area (Å²) >= 11 is 0. The molecular weight excluding hydrogens is 250 g/mol. The summed E-state index contributed by atoms with van der Waals surface area (Å²) < 4.78 is 0. The van der Waals surface area contributed by atoms with Crippen LogP contribution in [-0.2, 0) is 0 Å². The van der Waals surface area contributed by atoms with Crippen molar-refractivity contribution in [3.63, 3.8) is 0 Å². The van der Waals surface area contributed by atoms with Crippen LogP contribution in [0.5, 0.6) is 0 Å². The van der Waals surface area contributed by atoms with Gasteiger partial charge in [0, 0.05) is 36.4 Å². The Labute approximate surface area is 119 Å². The number of carbonyl (C=O) groups is 1. The first kappa shape index (κ1) is 13.2. The molecule has 2 aromatic rings. The minimum absolute atomic E-state index is 0.152. The van der Waals surface area contributed by atoms with Gasteiger partial charge in [0.2, 0.25) is 0 Å². The van der Waals surface area contributed by atoms with Crippen LogP contribution in [0.15, 0.2) is 30.5 Å². The summed E-state index contributed by atoms with van der Waals surface area (Å²) in [6, 6.07) is 8.51. The third-order valence-electron chi connectivity index (χ3n) is 4.28. The first-order chi connectivity index (χ1) is 9.65. The number of amides is 1. The van der Waals surface area contributed by atoms with Gasteiger partial charge in [-0.05, 0) is 50.5 Å². The van der Waals surface area contributed by atoms with Crippen molar-refractivity contribution in [3.8, 4) is 0 Å². The Morgan fingerprint density at radius 3 is 2.70 bits per heavy atom. The van der Waals surface area contributed by atoms with Crippen molar-refractivity contribution < 1.29 is 4.79 Å². The molecule has 0 atom stereocenters. The van der Waals surface area contributed by atoms with E-state index in [-0.39, 0.29) is 5.91 Å². The van der Waals surface area contributed by atoms with Crippen LogP contribution in [0.2, 0.25) is 0 Å². The number of likely N-dealkylation sites (tertiary alicyclic amines) is 1. The molecule has 1 fully saturated rings. The van der Waals surface area contributed by atoms with E-state index in [4.69, 9.17) is 0 Å². The van der Waals surface area contributed by atoms with Crippen LogP contribution in [0.3, 0.4) is 0 Å². The van der Waals surface area contributed by atoms with E-state index in [1.165, 1.54) is 0 Å². The second-order valence-electron chi connectivity index (χ2n) is 5.77. The zero-order valence-electron chi connectivity index (χ0n) is 12.1. The third-order valence-corrected chi connectivity index (χ3v) is 4.28. The average molecular weight is 271 g/mol. The van der Waals surface area contributed by atoms with Crippen LogP contribution in [0.1, 0.15) is 23.2 Å². The van der Waals surface area contributed by atoms with E-state index in [2.05, 4.69) is 24.0 Å². The van der Waals surface area contributed by atoms with E-state index in [0.29, 0.717) is 6.04 Å². The van der Waals surface area contributed by atoms with Crippen molar-refractivity contribution in [1.82, 2.24) is 14.8 Å². The number of H-pyrrole nitrogens is 1. The zero-order valence-corrected chi connectivity index (χ0v) is 12.1. The van der Waals surface area contributed by atoms with Crippen LogP contribution in [-0.4, -0.2) is 53.9 Å². The molecular formula is C16H21N3O. The fourth-order valence-corrected chi connectivity index (χ4v) is 2.95. The molecule has 1 aromatic carbocycles. The Balaban J connectivity index is 1.73. The predicted octanol–water partition coefficient (Wildman–Crippen LogP) is 2.33. The molecule has 1 N–H and O–H groups in total. The van der Waals surface area contributed by atoms with Gasteiger partial charge in [-0.25, -0.2) is 0 Å². The highest BCUT2D eigenvalue weighted by Crippen LogP contribution is 2.19. The number of rotatable bonds is 2. The fourth-order valence-electron chi connectivity index (χ4n) is 2.95. The number of hydrogen-bond acceptors (Lipinski definition) is 2. The molecule has 1 saturated heterocycles. The van der Waals surface area contributed by atoms with Crippen LogP contribution < -0.4 is 0 Å². The van der Waals surface area contributed by atoms with E-state index in [9.17, 15) is 4.79 Å². The number of aromatic nitrogens is 1. The topological polar surface area (TPSA) is 39.3 Å². The van der Waals surface area contributed by atoms with Crippen LogP contribution in [0, 0.1) is 0 Å². The molecule has 0 spiro atoms. The maximum atomic E-state index is 12.5. The van der Waals surface area contributed by atoms with Gasteiger partial charge in [0.25, 0.3) is 5.91 Å². The number of nitrogens with zero attached hydrogens (tertiary/aromatic N) is 2. The summed E-state index contributed by atoms with van der Waals surface area (Å²) in [5.41, 5.74) is 1.81. The van der Waals surface area contributed by atoms with Gasteiger partial charge >= 0.3 is 0 Å². The Bertz CT molecular complexity index is 609. The van der Waals surface area contributed by atoms with Gasteiger partial charge in [0.15, 0.2) is 0 Å². The number of fused-ring (bicyclic) bond motifs is 1. The lowest BCUT2D eigenvalue weighted by Crippen LogP contribution is -2.44. The highest BCUT2D eigenvalue weighted by atomic mass is 16.2. The second kappa shape index (κ2) is 5.29. The zero-order chi connectivity index (χ0) is 14.1. The normalized spacial score (nSPS) is 17.1. The lowest BCUT2D eigenvalue weighted by molar-refractivity contribution is 0.0663. The van der Waals surface area contributed by atoms with Crippen LogP contribution in [0.25, 0.3) is 10.9 Å². The van der Waals surface area contributed by atoms with Crippen LogP contribution >= 0.6 is 0 Å². The summed E-state index contributed by atoms with van der Waals surface area (Å²) in [6.45, 7) is 1.70. The van der Waals surface area contributed by atoms with Crippen molar-refractivity contribution in [2.45, 2.75) is 18.9 Å². The molecule has 1 amide bonds. The quantitative estimate of drug-likeness (QED) is 0.910. The fraction of sp³-hybridized carbons (Fsp3) is 0.438. The van der Waals surface area contributed by atoms with Crippen molar-refractivity contribution in [1.29, 1.82) is 0 Å². The summed E-state index contributed by atoms with van der Waals surface area (Å²) in [5, 5.41) is 1.15. The molecule has 106 valence electrons. The van der Waals surface area contributed by atoms with E-state index in [0.717, 1.165) is 42.4 Å². The maximum Gasteiger partial charge on any atom is 0.253 e. The molecule has 0 bridgehead atoms. The van der Waals surface area contributed by atoms with Gasteiger partial charge < -0.3 is 14.8 Å². The Morgan fingerprint density at radius 1 is 1.25 bits per heavy atom. The standard InChI is InChI=1S/C16H21N3O/c1-18(2)14-6-9-19(10-7-14)16(20)13-4-3-12-5-8-17-15(12)11-13/h3-5,8,11,14,17H,6-7,9-10H2,1-2H3. The summed E-state index contributed by atoms with van der Waals surface area (Å²) in [7, 11) is 4.22. The molecule has 0 radical (unpaired) electrons. The molecule has 20 heavy (non-hydrogen) atoms. The van der Waals surface area contributed by atoms with E-state index < -0.39 is 0 Å². The molecule has 4 nitrogen and oxygen atoms in total. The lowest BCUT2D eigenvalue weighted by Gasteiger charge is -2.35. The Morgan fingerprint density at radius 2 is 2.00 bits per heavy atom. The van der Waals surface area contributed by atoms with Gasteiger partial charge in [-0.3, -0.25) is 4.79 Å². The monoisotopic (exact) mass is 271 g/mol. The van der Waals surface area contributed by atoms with E-state index in [1.807, 2.05) is 35.4 Å². The Hall–Kier alpha value is -1.81. The van der Waals surface area contributed by atoms with Crippen molar-refractivity contribution >= 4 is 16.8 Å². The molecule has 2 heterocycles. The Kier molecular flexibility index (Phi) is 3.49. The van der Waals surface area contributed by atoms with Gasteiger partial charge in [0.1, 0.15) is 0 Å². The van der Waals surface area contributed by atoms with Gasteiger partial charge in [-0.15, -0.1) is 0 Å². The minimum atomic E-state index is 0.152. The lowest BCUT2D eigenvalue weighted by atomic mass is 10.0. The molecule has 0 aliphatic carbocycles. The number of piperidine rings is 1. The summed E-state index contributed by atoms with van der Waals surface area (Å²) in [6.07, 6.45) is 4.02. The summed E-state index contributed by atoms with van der Waals surface area (Å²) in [4.78, 5) is 19.9. The second-order valence-corrected chi connectivity index (χ2v) is 5.77. The average Bonchev–Trinajstić information content (AvgIpc) is 2.94. The SMILES string of the molecule is CN(C)C1CCN(C(=O)c2ccc3cc[nH]c3c2)CC1. The number of aromatic amines is 1. The number of carbonyl (C=O) groups excluding carboxylic acids is 1. The van der Waals surface area contributed by atoms with E-state index in [1.54, 1.807) is 0 Å². The molecule has 0 unspecified atom stereocenters. The van der Waals surface area contributed by atoms with Crippen molar-refractivity contribution in [3.05, 3.63) is 36.0 Å². The predicted molar refractivity (Wildman–Crippen MR) is 80.9 cm³/mol. The number of benzene rings is 1. The smallest absolute Gasteiger partial charge is 0.253 e. The highest BCUT2D eigenvalue weighted by Gasteiger charge is 2.24. The largest absolute Gasteiger partial charge is 0.361 e. The van der Waals surface area contributed by atoms with Crippen molar-refractivity contribution in [2.75, 3.05) is 27.2 Å². The molecule has 1 aliphatic rings. The maximum absolute atomic E-state index is 12.5. The van der Waals surface area contributed by atoms with Gasteiger partial charge in [-0.1, -0.05) is 6.07 Å². The van der Waals surface area contributed by atoms with Gasteiger partial charge in [-0.2, -0.15) is 0 Å². The number of hydrogen-bond donors (Lipinski definition) is 1. The van der Waals surface area contributed by atoms with Crippen molar-refractivity contribution in [2.24, 2.45) is 0 Å². The molecule has 0 saturated carbocycles. The highest BCUT2D eigenvalue weighted by molar-refractivity contribution is 5.98. The third kappa shape index (κ3) is 2.43. The molecule has 3 rings (SSSR count). The van der Waals surface area contributed by atoms with E-state index >= 15 is 0 Å². The molecule has 1 aromatic heterocycles. The molecule has 1 aliphatic heterocycles. The number of nitrogens with one attached hydrogen (secondary N) is 1. The minimum Gasteiger partial charge on any atom is -0.361 e. The summed E-state index contributed by atoms with van der Waals surface area (Å²) in [5.74, 6) is 0.152. The molecule has 4 heteroatoms. The first-order valence-electron chi connectivity index (χ1n) is 7.18.